The van der Waals surface area contributed by atoms with Gasteiger partial charge in [-0.15, -0.1) is 0 Å². The number of ether oxygens (including phenoxy) is 1. The van der Waals surface area contributed by atoms with Crippen LogP contribution < -0.4 is 10.1 Å². The molecule has 28 heavy (non-hydrogen) atoms. The fourth-order valence-corrected chi connectivity index (χ4v) is 3.35. The van der Waals surface area contributed by atoms with E-state index in [1.165, 1.54) is 5.56 Å². The zero-order chi connectivity index (χ0) is 19.8. The maximum Gasteiger partial charge on any atom is 0.234 e. The molecule has 0 aliphatic carbocycles. The van der Waals surface area contributed by atoms with Gasteiger partial charge in [-0.25, -0.2) is 0 Å². The fourth-order valence-electron chi connectivity index (χ4n) is 3.35. The van der Waals surface area contributed by atoms with Crippen molar-refractivity contribution in [1.29, 1.82) is 5.26 Å². The van der Waals surface area contributed by atoms with Crippen molar-refractivity contribution in [2.24, 2.45) is 0 Å². The molecule has 1 saturated heterocycles. The van der Waals surface area contributed by atoms with Gasteiger partial charge < -0.3 is 10.1 Å². The summed E-state index contributed by atoms with van der Waals surface area (Å²) in [6.45, 7) is 5.37. The van der Waals surface area contributed by atoms with E-state index in [0.29, 0.717) is 18.7 Å². The van der Waals surface area contributed by atoms with E-state index >= 15 is 0 Å². The smallest absolute Gasteiger partial charge is 0.234 e. The van der Waals surface area contributed by atoms with Crippen molar-refractivity contribution < 1.29 is 9.53 Å². The molecular weight excluding hydrogens is 352 g/mol. The summed E-state index contributed by atoms with van der Waals surface area (Å²) in [6, 6.07) is 17.6. The number of hydrogen-bond donors (Lipinski definition) is 1. The molecule has 0 bridgehead atoms. The maximum absolute atomic E-state index is 12.3. The number of nitrogens with one attached hydrogen (secondary N) is 1. The highest BCUT2D eigenvalue weighted by Crippen LogP contribution is 2.16. The number of carbonyl (C=O) groups excluding carboxylic acids is 1. The largest absolute Gasteiger partial charge is 0.496 e. The predicted octanol–water partition coefficient (Wildman–Crippen LogP) is 2.00. The standard InChI is InChI=1S/C22H26N4O2/c1-28-21-5-3-2-4-20(21)15-24-22(27)17-26-12-10-25(11-13-26)16-19-8-6-18(14-23)7-9-19/h2-9H,10-13,15-17H2,1H3,(H,24,27). The van der Waals surface area contributed by atoms with Crippen LogP contribution in [-0.4, -0.2) is 55.5 Å². The Bertz CT molecular complexity index is 821. The highest BCUT2D eigenvalue weighted by Gasteiger charge is 2.19. The first-order chi connectivity index (χ1) is 13.7. The summed E-state index contributed by atoms with van der Waals surface area (Å²) in [7, 11) is 1.64. The fraction of sp³-hybridized carbons (Fsp3) is 0.364. The zero-order valence-electron chi connectivity index (χ0n) is 16.2. The summed E-state index contributed by atoms with van der Waals surface area (Å²) in [4.78, 5) is 16.9. The lowest BCUT2D eigenvalue weighted by Gasteiger charge is -2.34. The lowest BCUT2D eigenvalue weighted by molar-refractivity contribution is -0.122. The van der Waals surface area contributed by atoms with Crippen LogP contribution in [0.5, 0.6) is 5.75 Å². The van der Waals surface area contributed by atoms with Gasteiger partial charge in [-0.1, -0.05) is 30.3 Å². The molecule has 6 nitrogen and oxygen atoms in total. The summed E-state index contributed by atoms with van der Waals surface area (Å²) in [5.74, 6) is 0.825. The van der Waals surface area contributed by atoms with E-state index in [0.717, 1.165) is 44.0 Å². The molecule has 1 aliphatic heterocycles. The molecule has 1 heterocycles. The second-order valence-corrected chi connectivity index (χ2v) is 6.95. The van der Waals surface area contributed by atoms with E-state index in [1.54, 1.807) is 7.11 Å². The lowest BCUT2D eigenvalue weighted by Crippen LogP contribution is -2.49. The molecule has 2 aromatic rings. The Kier molecular flexibility index (Phi) is 7.01. The van der Waals surface area contributed by atoms with Crippen LogP contribution in [0.1, 0.15) is 16.7 Å². The first kappa shape index (κ1) is 19.9. The second-order valence-electron chi connectivity index (χ2n) is 6.95. The lowest BCUT2D eigenvalue weighted by atomic mass is 10.1. The number of piperazine rings is 1. The molecule has 6 heteroatoms. The van der Waals surface area contributed by atoms with Crippen LogP contribution in [0.4, 0.5) is 0 Å². The molecule has 0 aromatic heterocycles. The summed E-state index contributed by atoms with van der Waals surface area (Å²) < 4.78 is 5.32. The number of carbonyl (C=O) groups is 1. The minimum absolute atomic E-state index is 0.0337. The number of nitriles is 1. The number of nitrogens with zero attached hydrogens (tertiary/aromatic N) is 3. The molecule has 146 valence electrons. The van der Waals surface area contributed by atoms with Crippen LogP contribution in [0, 0.1) is 11.3 Å². The summed E-state index contributed by atoms with van der Waals surface area (Å²) >= 11 is 0. The quantitative estimate of drug-likeness (QED) is 0.798. The molecule has 1 aliphatic rings. The van der Waals surface area contributed by atoms with Gasteiger partial charge in [0, 0.05) is 44.8 Å². The van der Waals surface area contributed by atoms with Crippen LogP contribution >= 0.6 is 0 Å². The van der Waals surface area contributed by atoms with E-state index in [4.69, 9.17) is 10.00 Å². The van der Waals surface area contributed by atoms with Crippen LogP contribution in [0.2, 0.25) is 0 Å². The van der Waals surface area contributed by atoms with Crippen molar-refractivity contribution in [3.05, 3.63) is 65.2 Å². The molecule has 1 amide bonds. The molecule has 2 aromatic carbocycles. The number of rotatable bonds is 7. The van der Waals surface area contributed by atoms with Crippen molar-refractivity contribution in [3.63, 3.8) is 0 Å². The van der Waals surface area contributed by atoms with E-state index < -0.39 is 0 Å². The topological polar surface area (TPSA) is 68.6 Å². The number of para-hydroxylation sites is 1. The third-order valence-electron chi connectivity index (χ3n) is 4.99. The summed E-state index contributed by atoms with van der Waals surface area (Å²) in [5.41, 5.74) is 2.88. The molecular formula is C22H26N4O2. The Morgan fingerprint density at radius 2 is 1.75 bits per heavy atom. The van der Waals surface area contributed by atoms with Crippen LogP contribution in [-0.2, 0) is 17.9 Å². The van der Waals surface area contributed by atoms with Crippen molar-refractivity contribution in [2.45, 2.75) is 13.1 Å². The normalized spacial score (nSPS) is 15.0. The van der Waals surface area contributed by atoms with Crippen LogP contribution in [0.15, 0.2) is 48.5 Å². The van der Waals surface area contributed by atoms with Crippen molar-refractivity contribution in [3.8, 4) is 11.8 Å². The first-order valence-electron chi connectivity index (χ1n) is 9.50. The average Bonchev–Trinajstić information content (AvgIpc) is 2.74. The van der Waals surface area contributed by atoms with E-state index in [2.05, 4.69) is 21.2 Å². The monoisotopic (exact) mass is 378 g/mol. The molecule has 3 rings (SSSR count). The third-order valence-corrected chi connectivity index (χ3v) is 4.99. The minimum atomic E-state index is 0.0337. The molecule has 0 radical (unpaired) electrons. The number of hydrogen-bond acceptors (Lipinski definition) is 5. The minimum Gasteiger partial charge on any atom is -0.496 e. The summed E-state index contributed by atoms with van der Waals surface area (Å²) in [6.07, 6.45) is 0. The Hall–Kier alpha value is -2.88. The van der Waals surface area contributed by atoms with Crippen molar-refractivity contribution in [2.75, 3.05) is 39.8 Å². The molecule has 1 fully saturated rings. The second kappa shape index (κ2) is 9.88. The van der Waals surface area contributed by atoms with Gasteiger partial charge in [0.05, 0.1) is 25.3 Å². The van der Waals surface area contributed by atoms with Gasteiger partial charge in [-0.2, -0.15) is 5.26 Å². The van der Waals surface area contributed by atoms with Gasteiger partial charge in [-0.05, 0) is 23.8 Å². The van der Waals surface area contributed by atoms with E-state index in [9.17, 15) is 4.79 Å². The Labute approximate surface area is 166 Å². The molecule has 0 saturated carbocycles. The molecule has 0 atom stereocenters. The molecule has 0 spiro atoms. The van der Waals surface area contributed by atoms with Gasteiger partial charge in [0.15, 0.2) is 0 Å². The third kappa shape index (κ3) is 5.56. The maximum atomic E-state index is 12.3. The van der Waals surface area contributed by atoms with Gasteiger partial charge >= 0.3 is 0 Å². The highest BCUT2D eigenvalue weighted by atomic mass is 16.5. The zero-order valence-corrected chi connectivity index (χ0v) is 16.2. The molecule has 0 unspecified atom stereocenters. The number of benzene rings is 2. The van der Waals surface area contributed by atoms with Crippen LogP contribution in [0.25, 0.3) is 0 Å². The van der Waals surface area contributed by atoms with E-state index in [-0.39, 0.29) is 5.91 Å². The van der Waals surface area contributed by atoms with Gasteiger partial charge in [0.2, 0.25) is 5.91 Å². The van der Waals surface area contributed by atoms with E-state index in [1.807, 2.05) is 48.5 Å². The first-order valence-corrected chi connectivity index (χ1v) is 9.50. The Morgan fingerprint density at radius 1 is 1.07 bits per heavy atom. The number of amides is 1. The van der Waals surface area contributed by atoms with Gasteiger partial charge in [-0.3, -0.25) is 14.6 Å². The van der Waals surface area contributed by atoms with Crippen molar-refractivity contribution in [1.82, 2.24) is 15.1 Å². The molecule has 1 N–H and O–H groups in total. The SMILES string of the molecule is COc1ccccc1CNC(=O)CN1CCN(Cc2ccc(C#N)cc2)CC1. The van der Waals surface area contributed by atoms with Gasteiger partial charge in [0.1, 0.15) is 5.75 Å². The predicted molar refractivity (Wildman–Crippen MR) is 108 cm³/mol. The highest BCUT2D eigenvalue weighted by molar-refractivity contribution is 5.78. The van der Waals surface area contributed by atoms with Gasteiger partial charge in [0.25, 0.3) is 0 Å². The Balaban J connectivity index is 1.40. The average molecular weight is 378 g/mol. The number of methoxy groups -OCH3 is 1. The van der Waals surface area contributed by atoms with Crippen molar-refractivity contribution >= 4 is 5.91 Å². The summed E-state index contributed by atoms with van der Waals surface area (Å²) in [5, 5.41) is 11.9. The Morgan fingerprint density at radius 3 is 2.43 bits per heavy atom. The van der Waals surface area contributed by atoms with Crippen LogP contribution in [0.3, 0.4) is 0 Å².